The number of hydrogen-bond acceptors (Lipinski definition) is 3. The van der Waals surface area contributed by atoms with Gasteiger partial charge in [-0.05, 0) is 30.1 Å². The maximum atomic E-state index is 5.75. The van der Waals surface area contributed by atoms with Gasteiger partial charge in [-0.2, -0.15) is 11.8 Å². The molecule has 17 heavy (non-hydrogen) atoms. The van der Waals surface area contributed by atoms with Gasteiger partial charge in [0.05, 0.1) is 6.54 Å². The maximum Gasteiger partial charge on any atom is 0.129 e. The van der Waals surface area contributed by atoms with Crippen molar-refractivity contribution in [1.82, 2.24) is 9.88 Å². The first-order valence-electron chi connectivity index (χ1n) is 5.51. The lowest BCUT2D eigenvalue weighted by Crippen LogP contribution is -2.25. The van der Waals surface area contributed by atoms with Crippen molar-refractivity contribution >= 4 is 23.4 Å². The molecule has 0 fully saturated rings. The van der Waals surface area contributed by atoms with E-state index in [9.17, 15) is 0 Å². The Kier molecular flexibility index (Phi) is 7.11. The van der Waals surface area contributed by atoms with E-state index < -0.39 is 0 Å². The van der Waals surface area contributed by atoms with Gasteiger partial charge in [0.2, 0.25) is 0 Å². The molecule has 1 heterocycles. The van der Waals surface area contributed by atoms with Crippen molar-refractivity contribution in [3.63, 3.8) is 0 Å². The molecule has 0 atom stereocenters. The average Bonchev–Trinajstić information content (AvgIpc) is 2.32. The normalized spacial score (nSPS) is 10.5. The van der Waals surface area contributed by atoms with E-state index in [4.69, 9.17) is 18.0 Å². The minimum atomic E-state index is 0.527. The summed E-state index contributed by atoms with van der Waals surface area (Å²) in [5.41, 5.74) is 1.15. The molecule has 0 N–H and O–H groups in total. The van der Waals surface area contributed by atoms with Crippen LogP contribution in [-0.2, 0) is 6.54 Å². The molecule has 0 amide bonds. The van der Waals surface area contributed by atoms with Crippen LogP contribution in [0.15, 0.2) is 18.3 Å². The lowest BCUT2D eigenvalue weighted by molar-refractivity contribution is 0.300. The first-order chi connectivity index (χ1) is 8.26. The minimum Gasteiger partial charge on any atom is -0.288 e. The van der Waals surface area contributed by atoms with E-state index in [1.165, 1.54) is 5.75 Å². The number of thioether (sulfide) groups is 1. The van der Waals surface area contributed by atoms with Crippen LogP contribution in [0, 0.1) is 12.3 Å². The monoisotopic (exact) mass is 268 g/mol. The van der Waals surface area contributed by atoms with Crippen LogP contribution in [0.1, 0.15) is 12.0 Å². The zero-order valence-electron chi connectivity index (χ0n) is 10.0. The van der Waals surface area contributed by atoms with Crippen molar-refractivity contribution in [2.75, 3.05) is 25.1 Å². The predicted molar refractivity (Wildman–Crippen MR) is 76.4 cm³/mol. The fourth-order valence-corrected chi connectivity index (χ4v) is 2.06. The highest BCUT2D eigenvalue weighted by Gasteiger charge is 2.04. The number of rotatable bonds is 7. The summed E-state index contributed by atoms with van der Waals surface area (Å²) < 4.78 is 0. The predicted octanol–water partition coefficient (Wildman–Crippen LogP) is 2.92. The molecule has 1 rings (SSSR count). The fraction of sp³-hybridized carbons (Fsp3) is 0.462. The van der Waals surface area contributed by atoms with Crippen molar-refractivity contribution in [1.29, 1.82) is 0 Å². The third kappa shape index (κ3) is 5.97. The second kappa shape index (κ2) is 8.41. The van der Waals surface area contributed by atoms with Crippen molar-refractivity contribution in [2.45, 2.75) is 13.0 Å². The molecule has 1 aromatic heterocycles. The average molecular weight is 269 g/mol. The number of hydrogen-bond donors (Lipinski definition) is 0. The van der Waals surface area contributed by atoms with Crippen LogP contribution in [0.25, 0.3) is 0 Å². The van der Waals surface area contributed by atoms with E-state index in [0.29, 0.717) is 11.7 Å². The number of nitrogens with zero attached hydrogens (tertiary/aromatic N) is 2. The van der Waals surface area contributed by atoms with Gasteiger partial charge < -0.3 is 0 Å². The van der Waals surface area contributed by atoms with E-state index in [-0.39, 0.29) is 0 Å². The molecular weight excluding hydrogens is 252 g/mol. The van der Waals surface area contributed by atoms with E-state index in [1.807, 2.05) is 23.9 Å². The van der Waals surface area contributed by atoms with Crippen LogP contribution in [0.3, 0.4) is 0 Å². The summed E-state index contributed by atoms with van der Waals surface area (Å²) in [7, 11) is 0. The fourth-order valence-electron chi connectivity index (χ4n) is 1.53. The molecular formula is C13H17ClN2S. The number of pyridine rings is 1. The Balaban J connectivity index is 2.48. The van der Waals surface area contributed by atoms with Crippen molar-refractivity contribution in [2.24, 2.45) is 0 Å². The van der Waals surface area contributed by atoms with Crippen LogP contribution in [0.4, 0.5) is 0 Å². The molecule has 1 aromatic rings. The van der Waals surface area contributed by atoms with Gasteiger partial charge in [-0.1, -0.05) is 23.6 Å². The Morgan fingerprint density at radius 2 is 2.35 bits per heavy atom. The first kappa shape index (κ1) is 14.4. The maximum absolute atomic E-state index is 5.75. The van der Waals surface area contributed by atoms with Gasteiger partial charge in [0.15, 0.2) is 0 Å². The summed E-state index contributed by atoms with van der Waals surface area (Å²) in [6.07, 6.45) is 10.5. The van der Waals surface area contributed by atoms with Gasteiger partial charge in [0.1, 0.15) is 5.15 Å². The third-order valence-corrected chi connectivity index (χ3v) is 3.25. The zero-order chi connectivity index (χ0) is 12.5. The lowest BCUT2D eigenvalue weighted by atomic mass is 10.2. The minimum absolute atomic E-state index is 0.527. The summed E-state index contributed by atoms with van der Waals surface area (Å²) in [5, 5.41) is 0.527. The van der Waals surface area contributed by atoms with Gasteiger partial charge in [-0.25, -0.2) is 4.98 Å². The molecule has 0 spiro atoms. The summed E-state index contributed by atoms with van der Waals surface area (Å²) in [5.74, 6) is 3.87. The van der Waals surface area contributed by atoms with E-state index in [0.717, 1.165) is 25.1 Å². The molecule has 0 saturated carbocycles. The highest BCUT2D eigenvalue weighted by atomic mass is 35.5. The summed E-state index contributed by atoms with van der Waals surface area (Å²) in [6.45, 7) is 2.54. The molecule has 0 radical (unpaired) electrons. The van der Waals surface area contributed by atoms with E-state index >= 15 is 0 Å². The largest absolute Gasteiger partial charge is 0.288 e. The molecule has 0 bridgehead atoms. The highest BCUT2D eigenvalue weighted by molar-refractivity contribution is 7.98. The Morgan fingerprint density at radius 3 is 2.94 bits per heavy atom. The van der Waals surface area contributed by atoms with E-state index in [1.54, 1.807) is 6.20 Å². The van der Waals surface area contributed by atoms with Gasteiger partial charge in [-0.3, -0.25) is 4.90 Å². The second-order valence-electron chi connectivity index (χ2n) is 3.75. The van der Waals surface area contributed by atoms with Gasteiger partial charge >= 0.3 is 0 Å². The third-order valence-electron chi connectivity index (χ3n) is 2.33. The second-order valence-corrected chi connectivity index (χ2v) is 5.12. The topological polar surface area (TPSA) is 16.1 Å². The zero-order valence-corrected chi connectivity index (χ0v) is 11.6. The summed E-state index contributed by atoms with van der Waals surface area (Å²) >= 11 is 7.61. The molecule has 0 aliphatic rings. The van der Waals surface area contributed by atoms with Crippen LogP contribution >= 0.6 is 23.4 Å². The smallest absolute Gasteiger partial charge is 0.129 e. The molecule has 92 valence electrons. The first-order valence-corrected chi connectivity index (χ1v) is 7.28. The number of terminal acetylenes is 1. The van der Waals surface area contributed by atoms with Crippen LogP contribution < -0.4 is 0 Å². The Morgan fingerprint density at radius 1 is 1.53 bits per heavy atom. The SMILES string of the molecule is C#CCN(CCCSC)Cc1ccc(Cl)nc1. The quantitative estimate of drug-likeness (QED) is 0.430. The standard InChI is InChI=1S/C13H17ClN2S/c1-3-7-16(8-4-9-17-2)11-12-5-6-13(14)15-10-12/h1,5-6,10H,4,7-9,11H2,2H3. The Bertz CT molecular complexity index is 359. The van der Waals surface area contributed by atoms with Gasteiger partial charge in [0.25, 0.3) is 0 Å². The number of aromatic nitrogens is 1. The van der Waals surface area contributed by atoms with Crippen LogP contribution in [-0.4, -0.2) is 35.0 Å². The van der Waals surface area contributed by atoms with Crippen LogP contribution in [0.5, 0.6) is 0 Å². The molecule has 0 aliphatic carbocycles. The van der Waals surface area contributed by atoms with Crippen molar-refractivity contribution in [3.8, 4) is 12.3 Å². The molecule has 0 aromatic carbocycles. The molecule has 0 saturated heterocycles. The van der Waals surface area contributed by atoms with Crippen LogP contribution in [0.2, 0.25) is 5.15 Å². The molecule has 0 unspecified atom stereocenters. The Hall–Kier alpha value is -0.690. The van der Waals surface area contributed by atoms with Crippen molar-refractivity contribution < 1.29 is 0 Å². The Labute approximate surface area is 113 Å². The highest BCUT2D eigenvalue weighted by Crippen LogP contribution is 2.08. The van der Waals surface area contributed by atoms with E-state index in [2.05, 4.69) is 22.1 Å². The molecule has 0 aliphatic heterocycles. The van der Waals surface area contributed by atoms with Gasteiger partial charge in [-0.15, -0.1) is 6.42 Å². The van der Waals surface area contributed by atoms with Crippen molar-refractivity contribution in [3.05, 3.63) is 29.0 Å². The lowest BCUT2D eigenvalue weighted by Gasteiger charge is -2.19. The van der Waals surface area contributed by atoms with Gasteiger partial charge in [0, 0.05) is 19.3 Å². The summed E-state index contributed by atoms with van der Waals surface area (Å²) in [4.78, 5) is 6.32. The summed E-state index contributed by atoms with van der Waals surface area (Å²) in [6, 6.07) is 3.81. The molecule has 2 nitrogen and oxygen atoms in total. The molecule has 4 heteroatoms. The number of halogens is 1.